The monoisotopic (exact) mass is 281 g/mol. The van der Waals surface area contributed by atoms with Crippen molar-refractivity contribution < 1.29 is 9.53 Å². The number of nitrogens with zero attached hydrogens (tertiary/aromatic N) is 2. The molecule has 0 unspecified atom stereocenters. The summed E-state index contributed by atoms with van der Waals surface area (Å²) in [6.45, 7) is 5.97. The zero-order chi connectivity index (χ0) is 14.8. The molecule has 1 aromatic heterocycles. The summed E-state index contributed by atoms with van der Waals surface area (Å²) >= 11 is 0. The first-order valence-electron chi connectivity index (χ1n) is 6.74. The van der Waals surface area contributed by atoms with Gasteiger partial charge in [0.25, 0.3) is 0 Å². The topological polar surface area (TPSA) is 88.2 Å². The average Bonchev–Trinajstić information content (AvgIpc) is 2.45. The van der Waals surface area contributed by atoms with E-state index in [1.54, 1.807) is 13.3 Å². The first kappa shape index (κ1) is 16.2. The van der Waals surface area contributed by atoms with Gasteiger partial charge >= 0.3 is 0 Å². The number of aromatic nitrogens is 2. The second kappa shape index (κ2) is 9.08. The van der Waals surface area contributed by atoms with Crippen LogP contribution < -0.4 is 16.0 Å². The predicted octanol–water partition coefficient (Wildman–Crippen LogP) is 0.781. The zero-order valence-electron chi connectivity index (χ0n) is 12.3. The van der Waals surface area contributed by atoms with Crippen molar-refractivity contribution in [2.45, 2.75) is 20.3 Å². The highest BCUT2D eigenvalue weighted by molar-refractivity contribution is 5.80. The number of nitrogens with one attached hydrogen (secondary N) is 3. The van der Waals surface area contributed by atoms with Crippen molar-refractivity contribution in [3.8, 4) is 0 Å². The summed E-state index contributed by atoms with van der Waals surface area (Å²) in [6.07, 6.45) is 2.73. The molecule has 0 saturated carbocycles. The molecule has 0 saturated heterocycles. The van der Waals surface area contributed by atoms with E-state index in [4.69, 9.17) is 4.74 Å². The molecule has 7 nitrogen and oxygen atoms in total. The van der Waals surface area contributed by atoms with E-state index in [2.05, 4.69) is 32.8 Å². The van der Waals surface area contributed by atoms with Gasteiger partial charge in [0, 0.05) is 32.0 Å². The third kappa shape index (κ3) is 5.83. The van der Waals surface area contributed by atoms with Crippen LogP contribution in [-0.2, 0) is 9.53 Å². The maximum atomic E-state index is 11.6. The summed E-state index contributed by atoms with van der Waals surface area (Å²) in [6, 6.07) is 0. The van der Waals surface area contributed by atoms with Gasteiger partial charge in [-0.3, -0.25) is 4.79 Å². The molecule has 0 radical (unpaired) electrons. The lowest BCUT2D eigenvalue weighted by Gasteiger charge is -2.10. The van der Waals surface area contributed by atoms with E-state index in [1.807, 2.05) is 6.92 Å². The fourth-order valence-electron chi connectivity index (χ4n) is 1.46. The summed E-state index contributed by atoms with van der Waals surface area (Å²) in [5.74, 6) is 1.14. The summed E-state index contributed by atoms with van der Waals surface area (Å²) in [5, 5.41) is 8.86. The molecule has 0 fully saturated rings. The van der Waals surface area contributed by atoms with Crippen LogP contribution >= 0.6 is 0 Å². The van der Waals surface area contributed by atoms with E-state index in [-0.39, 0.29) is 12.5 Å². The molecule has 0 aliphatic rings. The number of methoxy groups -OCH3 is 1. The molecular formula is C13H23N5O2. The van der Waals surface area contributed by atoms with Gasteiger partial charge in [-0.15, -0.1) is 0 Å². The van der Waals surface area contributed by atoms with Gasteiger partial charge in [0.15, 0.2) is 0 Å². The molecule has 0 aromatic carbocycles. The normalized spacial score (nSPS) is 10.2. The van der Waals surface area contributed by atoms with Crippen molar-refractivity contribution >= 4 is 17.7 Å². The summed E-state index contributed by atoms with van der Waals surface area (Å²) in [4.78, 5) is 20.1. The highest BCUT2D eigenvalue weighted by Crippen LogP contribution is 2.11. The molecule has 0 spiro atoms. The molecule has 3 N–H and O–H groups in total. The van der Waals surface area contributed by atoms with Gasteiger partial charge in [0.2, 0.25) is 11.9 Å². The summed E-state index contributed by atoms with van der Waals surface area (Å²) < 4.78 is 4.86. The minimum Gasteiger partial charge on any atom is -0.383 e. The SMILES string of the molecule is CCCNc1ncc(C)c(NCC(=O)NCCOC)n1. The molecule has 1 heterocycles. The van der Waals surface area contributed by atoms with Crippen molar-refractivity contribution in [3.05, 3.63) is 11.8 Å². The Bertz CT molecular complexity index is 425. The lowest BCUT2D eigenvalue weighted by Crippen LogP contribution is -2.32. The number of rotatable bonds is 9. The Hall–Kier alpha value is -1.89. The van der Waals surface area contributed by atoms with Gasteiger partial charge in [0.05, 0.1) is 13.2 Å². The van der Waals surface area contributed by atoms with Gasteiger partial charge in [0.1, 0.15) is 5.82 Å². The lowest BCUT2D eigenvalue weighted by molar-refractivity contribution is -0.119. The number of anilines is 2. The fraction of sp³-hybridized carbons (Fsp3) is 0.615. The number of aryl methyl sites for hydroxylation is 1. The van der Waals surface area contributed by atoms with E-state index in [0.717, 1.165) is 18.5 Å². The zero-order valence-corrected chi connectivity index (χ0v) is 12.3. The van der Waals surface area contributed by atoms with E-state index in [1.165, 1.54) is 0 Å². The third-order valence-electron chi connectivity index (χ3n) is 2.55. The minimum atomic E-state index is -0.0943. The highest BCUT2D eigenvalue weighted by Gasteiger charge is 2.05. The highest BCUT2D eigenvalue weighted by atomic mass is 16.5. The molecule has 20 heavy (non-hydrogen) atoms. The molecule has 1 rings (SSSR count). The first-order valence-corrected chi connectivity index (χ1v) is 6.74. The van der Waals surface area contributed by atoms with E-state index in [9.17, 15) is 4.79 Å². The standard InChI is InChI=1S/C13H23N5O2/c1-4-5-15-13-17-8-10(2)12(18-13)16-9-11(19)14-6-7-20-3/h8H,4-7,9H2,1-3H3,(H,14,19)(H2,15,16,17,18). The lowest BCUT2D eigenvalue weighted by atomic mass is 10.3. The molecule has 0 bridgehead atoms. The molecule has 7 heteroatoms. The van der Waals surface area contributed by atoms with Crippen LogP contribution in [0, 0.1) is 6.92 Å². The average molecular weight is 281 g/mol. The summed E-state index contributed by atoms with van der Waals surface area (Å²) in [5.41, 5.74) is 0.900. The Morgan fingerprint density at radius 2 is 2.15 bits per heavy atom. The number of ether oxygens (including phenoxy) is 1. The van der Waals surface area contributed by atoms with Gasteiger partial charge in [-0.05, 0) is 13.3 Å². The van der Waals surface area contributed by atoms with Gasteiger partial charge < -0.3 is 20.7 Å². The Kier molecular flexibility index (Phi) is 7.34. The number of amides is 1. The quantitative estimate of drug-likeness (QED) is 0.580. The summed E-state index contributed by atoms with van der Waals surface area (Å²) in [7, 11) is 1.60. The Labute approximate surface area is 119 Å². The number of carbonyl (C=O) groups excluding carboxylic acids is 1. The van der Waals surface area contributed by atoms with Gasteiger partial charge in [-0.2, -0.15) is 4.98 Å². The smallest absolute Gasteiger partial charge is 0.239 e. The minimum absolute atomic E-state index is 0.0943. The largest absolute Gasteiger partial charge is 0.383 e. The van der Waals surface area contributed by atoms with Crippen molar-refractivity contribution in [2.75, 3.05) is 44.0 Å². The Balaban J connectivity index is 2.47. The molecule has 0 aliphatic carbocycles. The Morgan fingerprint density at radius 3 is 2.85 bits per heavy atom. The van der Waals surface area contributed by atoms with Gasteiger partial charge in [-0.25, -0.2) is 4.98 Å². The number of hydrogen-bond donors (Lipinski definition) is 3. The van der Waals surface area contributed by atoms with E-state index < -0.39 is 0 Å². The second-order valence-electron chi connectivity index (χ2n) is 4.35. The van der Waals surface area contributed by atoms with Crippen molar-refractivity contribution in [3.63, 3.8) is 0 Å². The van der Waals surface area contributed by atoms with Crippen molar-refractivity contribution in [1.29, 1.82) is 0 Å². The molecule has 1 amide bonds. The van der Waals surface area contributed by atoms with Crippen LogP contribution in [0.2, 0.25) is 0 Å². The molecule has 1 aromatic rings. The third-order valence-corrected chi connectivity index (χ3v) is 2.55. The first-order chi connectivity index (χ1) is 9.67. The van der Waals surface area contributed by atoms with E-state index in [0.29, 0.717) is 24.9 Å². The fourth-order valence-corrected chi connectivity index (χ4v) is 1.46. The van der Waals surface area contributed by atoms with Crippen LogP contribution in [0.25, 0.3) is 0 Å². The maximum Gasteiger partial charge on any atom is 0.239 e. The van der Waals surface area contributed by atoms with Crippen molar-refractivity contribution in [2.24, 2.45) is 0 Å². The van der Waals surface area contributed by atoms with Gasteiger partial charge in [-0.1, -0.05) is 6.92 Å². The molecule has 0 atom stereocenters. The number of carbonyl (C=O) groups is 1. The van der Waals surface area contributed by atoms with Crippen LogP contribution in [0.1, 0.15) is 18.9 Å². The van der Waals surface area contributed by atoms with E-state index >= 15 is 0 Å². The molecule has 112 valence electrons. The van der Waals surface area contributed by atoms with Crippen LogP contribution in [0.3, 0.4) is 0 Å². The van der Waals surface area contributed by atoms with Crippen molar-refractivity contribution in [1.82, 2.24) is 15.3 Å². The van der Waals surface area contributed by atoms with Crippen LogP contribution in [0.15, 0.2) is 6.20 Å². The second-order valence-corrected chi connectivity index (χ2v) is 4.35. The predicted molar refractivity (Wildman–Crippen MR) is 78.9 cm³/mol. The molecular weight excluding hydrogens is 258 g/mol. The Morgan fingerprint density at radius 1 is 1.35 bits per heavy atom. The van der Waals surface area contributed by atoms with Crippen LogP contribution in [-0.4, -0.2) is 49.2 Å². The van der Waals surface area contributed by atoms with Crippen LogP contribution in [0.4, 0.5) is 11.8 Å². The maximum absolute atomic E-state index is 11.6. The van der Waals surface area contributed by atoms with Crippen LogP contribution in [0.5, 0.6) is 0 Å². The molecule has 0 aliphatic heterocycles. The number of hydrogen-bond acceptors (Lipinski definition) is 6.